The zero-order valence-electron chi connectivity index (χ0n) is 10.7. The first-order valence-corrected chi connectivity index (χ1v) is 6.07. The Bertz CT molecular complexity index is 562. The minimum atomic E-state index is -4.44. The van der Waals surface area contributed by atoms with E-state index in [-0.39, 0.29) is 0 Å². The summed E-state index contributed by atoms with van der Waals surface area (Å²) in [5, 5.41) is 6.57. The molecule has 19 heavy (non-hydrogen) atoms. The van der Waals surface area contributed by atoms with Crippen molar-refractivity contribution in [2.45, 2.75) is 26.4 Å². The lowest BCUT2D eigenvalue weighted by molar-refractivity contribution is -0.141. The second kappa shape index (κ2) is 5.07. The second-order valence-corrected chi connectivity index (χ2v) is 4.53. The van der Waals surface area contributed by atoms with Crippen LogP contribution in [-0.4, -0.2) is 21.1 Å². The van der Waals surface area contributed by atoms with Gasteiger partial charge in [0.25, 0.3) is 0 Å². The van der Waals surface area contributed by atoms with Crippen LogP contribution in [0.5, 0.6) is 0 Å². The zero-order chi connectivity index (χ0) is 14.0. The number of halogens is 3. The van der Waals surface area contributed by atoms with E-state index in [1.54, 1.807) is 0 Å². The van der Waals surface area contributed by atoms with E-state index in [1.807, 2.05) is 0 Å². The highest BCUT2D eigenvalue weighted by Gasteiger charge is 2.34. The fraction of sp³-hybridized carbons (Fsp3) is 0.500. The summed E-state index contributed by atoms with van der Waals surface area (Å²) < 4.78 is 39.0. The van der Waals surface area contributed by atoms with Crippen LogP contribution in [0.25, 0.3) is 5.52 Å². The third-order valence-electron chi connectivity index (χ3n) is 3.00. The first-order chi connectivity index (χ1) is 8.91. The van der Waals surface area contributed by atoms with Crippen molar-refractivity contribution in [3.05, 3.63) is 24.2 Å². The van der Waals surface area contributed by atoms with Crippen LogP contribution in [0.3, 0.4) is 0 Å². The van der Waals surface area contributed by atoms with E-state index in [0.717, 1.165) is 12.5 Å². The molecule has 2 aromatic heterocycles. The van der Waals surface area contributed by atoms with Crippen molar-refractivity contribution in [2.75, 3.05) is 11.9 Å². The Morgan fingerprint density at radius 2 is 2.16 bits per heavy atom. The van der Waals surface area contributed by atoms with Crippen LogP contribution in [0.15, 0.2) is 18.5 Å². The van der Waals surface area contributed by atoms with Crippen LogP contribution in [0.1, 0.15) is 26.0 Å². The number of nitrogens with zero attached hydrogens (tertiary/aromatic N) is 3. The fourth-order valence-electron chi connectivity index (χ4n) is 1.61. The molecule has 0 saturated heterocycles. The lowest BCUT2D eigenvalue weighted by Gasteiger charge is -2.11. The Morgan fingerprint density at radius 1 is 1.42 bits per heavy atom. The molecule has 1 unspecified atom stereocenters. The monoisotopic (exact) mass is 272 g/mol. The maximum absolute atomic E-state index is 12.6. The molecule has 1 N–H and O–H groups in total. The maximum atomic E-state index is 12.6. The summed E-state index contributed by atoms with van der Waals surface area (Å²) in [5.74, 6) is 0.845. The smallest absolute Gasteiger partial charge is 0.368 e. The van der Waals surface area contributed by atoms with Crippen molar-refractivity contribution in [2.24, 2.45) is 5.92 Å². The van der Waals surface area contributed by atoms with Gasteiger partial charge in [-0.3, -0.25) is 0 Å². The molecule has 0 saturated carbocycles. The molecule has 0 aliphatic rings. The largest absolute Gasteiger partial charge is 0.435 e. The quantitative estimate of drug-likeness (QED) is 0.929. The molecular formula is C12H15F3N4. The molecule has 7 heteroatoms. The maximum Gasteiger partial charge on any atom is 0.435 e. The summed E-state index contributed by atoms with van der Waals surface area (Å²) in [4.78, 5) is 4.07. The van der Waals surface area contributed by atoms with Crippen LogP contribution < -0.4 is 5.32 Å². The molecule has 0 aliphatic heterocycles. The third-order valence-corrected chi connectivity index (χ3v) is 3.00. The molecule has 1 atom stereocenters. The van der Waals surface area contributed by atoms with E-state index in [0.29, 0.717) is 23.8 Å². The molecule has 2 aromatic rings. The highest BCUT2D eigenvalue weighted by atomic mass is 19.4. The SMILES string of the molecule is CCC(C)CNc1nccn2nc(C(F)(F)F)cc12. The van der Waals surface area contributed by atoms with Crippen LogP contribution in [0, 0.1) is 5.92 Å². The van der Waals surface area contributed by atoms with E-state index < -0.39 is 11.9 Å². The van der Waals surface area contributed by atoms with Gasteiger partial charge in [0, 0.05) is 25.0 Å². The van der Waals surface area contributed by atoms with Gasteiger partial charge in [-0.05, 0) is 5.92 Å². The van der Waals surface area contributed by atoms with Crippen molar-refractivity contribution < 1.29 is 13.2 Å². The van der Waals surface area contributed by atoms with Crippen LogP contribution in [0.2, 0.25) is 0 Å². The molecule has 4 nitrogen and oxygen atoms in total. The van der Waals surface area contributed by atoms with Gasteiger partial charge in [-0.25, -0.2) is 9.50 Å². The number of alkyl halides is 3. The lowest BCUT2D eigenvalue weighted by Crippen LogP contribution is -2.12. The molecule has 0 spiro atoms. The van der Waals surface area contributed by atoms with Crippen molar-refractivity contribution in [3.8, 4) is 0 Å². The predicted octanol–water partition coefficient (Wildman–Crippen LogP) is 3.21. The third kappa shape index (κ3) is 2.97. The van der Waals surface area contributed by atoms with Crippen LogP contribution in [0.4, 0.5) is 19.0 Å². The number of nitrogens with one attached hydrogen (secondary N) is 1. The molecule has 0 amide bonds. The molecule has 0 bridgehead atoms. The summed E-state index contributed by atoms with van der Waals surface area (Å²) in [6.45, 7) is 4.78. The normalized spacial score (nSPS) is 13.7. The number of rotatable bonds is 4. The van der Waals surface area contributed by atoms with Gasteiger partial charge in [0.15, 0.2) is 11.5 Å². The van der Waals surface area contributed by atoms with Gasteiger partial charge in [-0.1, -0.05) is 20.3 Å². The van der Waals surface area contributed by atoms with Gasteiger partial charge >= 0.3 is 6.18 Å². The van der Waals surface area contributed by atoms with E-state index in [4.69, 9.17) is 0 Å². The highest BCUT2D eigenvalue weighted by molar-refractivity contribution is 5.67. The van der Waals surface area contributed by atoms with Gasteiger partial charge in [-0.2, -0.15) is 18.3 Å². The zero-order valence-corrected chi connectivity index (χ0v) is 10.7. The lowest BCUT2D eigenvalue weighted by atomic mass is 10.1. The summed E-state index contributed by atoms with van der Waals surface area (Å²) in [6.07, 6.45) is -0.624. The second-order valence-electron chi connectivity index (χ2n) is 4.53. The van der Waals surface area contributed by atoms with Gasteiger partial charge < -0.3 is 5.32 Å². The molecular weight excluding hydrogens is 257 g/mol. The number of anilines is 1. The van der Waals surface area contributed by atoms with Crippen molar-refractivity contribution in [1.82, 2.24) is 14.6 Å². The van der Waals surface area contributed by atoms with Gasteiger partial charge in [0.2, 0.25) is 0 Å². The summed E-state index contributed by atoms with van der Waals surface area (Å²) in [6, 6.07) is 1.01. The molecule has 2 heterocycles. The Balaban J connectivity index is 2.32. The fourth-order valence-corrected chi connectivity index (χ4v) is 1.61. The molecule has 2 rings (SSSR count). The van der Waals surface area contributed by atoms with Crippen molar-refractivity contribution in [1.29, 1.82) is 0 Å². The topological polar surface area (TPSA) is 42.2 Å². The number of hydrogen-bond acceptors (Lipinski definition) is 3. The molecule has 0 radical (unpaired) electrons. The minimum absolute atomic E-state index is 0.332. The first kappa shape index (κ1) is 13.6. The average molecular weight is 272 g/mol. The van der Waals surface area contributed by atoms with Crippen LogP contribution in [-0.2, 0) is 6.18 Å². The Labute approximate surface area is 108 Å². The Morgan fingerprint density at radius 3 is 2.79 bits per heavy atom. The number of aromatic nitrogens is 3. The Hall–Kier alpha value is -1.79. The van der Waals surface area contributed by atoms with E-state index in [9.17, 15) is 13.2 Å². The summed E-state index contributed by atoms with van der Waals surface area (Å²) in [7, 11) is 0. The minimum Gasteiger partial charge on any atom is -0.368 e. The van der Waals surface area contributed by atoms with Crippen LogP contribution >= 0.6 is 0 Å². The molecule has 0 fully saturated rings. The summed E-state index contributed by atoms with van der Waals surface area (Å²) in [5.41, 5.74) is -0.579. The van der Waals surface area contributed by atoms with Gasteiger partial charge in [0.1, 0.15) is 5.52 Å². The molecule has 0 aliphatic carbocycles. The highest BCUT2D eigenvalue weighted by Crippen LogP contribution is 2.30. The van der Waals surface area contributed by atoms with E-state index >= 15 is 0 Å². The molecule has 0 aromatic carbocycles. The average Bonchev–Trinajstić information content (AvgIpc) is 2.80. The number of fused-ring (bicyclic) bond motifs is 1. The van der Waals surface area contributed by atoms with Crippen molar-refractivity contribution in [3.63, 3.8) is 0 Å². The van der Waals surface area contributed by atoms with Gasteiger partial charge in [0.05, 0.1) is 0 Å². The van der Waals surface area contributed by atoms with Gasteiger partial charge in [-0.15, -0.1) is 0 Å². The van der Waals surface area contributed by atoms with E-state index in [2.05, 4.69) is 29.2 Å². The standard InChI is InChI=1S/C12H15F3N4/c1-3-8(2)7-17-11-9-6-10(12(13,14)15)18-19(9)5-4-16-11/h4-6,8H,3,7H2,1-2H3,(H,16,17). The predicted molar refractivity (Wildman–Crippen MR) is 65.9 cm³/mol. The number of hydrogen-bond donors (Lipinski definition) is 1. The molecule has 104 valence electrons. The van der Waals surface area contributed by atoms with E-state index in [1.165, 1.54) is 16.9 Å². The summed E-state index contributed by atoms with van der Waals surface area (Å²) >= 11 is 0. The Kier molecular flexibility index (Phi) is 3.64. The first-order valence-electron chi connectivity index (χ1n) is 6.07. The van der Waals surface area contributed by atoms with Crippen molar-refractivity contribution >= 4 is 11.3 Å².